The van der Waals surface area contributed by atoms with Crippen molar-refractivity contribution in [3.63, 3.8) is 0 Å². The molecule has 0 aliphatic rings. The van der Waals surface area contributed by atoms with E-state index >= 15 is 0 Å². The molecule has 1 heterocycles. The molecule has 0 saturated carbocycles. The number of halogens is 5. The van der Waals surface area contributed by atoms with E-state index in [0.717, 1.165) is 30.3 Å². The van der Waals surface area contributed by atoms with E-state index in [1.54, 1.807) is 0 Å². The molecule has 34 heavy (non-hydrogen) atoms. The van der Waals surface area contributed by atoms with Crippen LogP contribution >= 0.6 is 11.6 Å². The summed E-state index contributed by atoms with van der Waals surface area (Å²) in [5.74, 6) is -3.17. The first-order valence-electron chi connectivity index (χ1n) is 9.36. The molecule has 0 aliphatic carbocycles. The van der Waals surface area contributed by atoms with Gasteiger partial charge in [-0.05, 0) is 36.4 Å². The third-order valence-electron chi connectivity index (χ3n) is 4.25. The van der Waals surface area contributed by atoms with Gasteiger partial charge in [0.15, 0.2) is 17.3 Å². The molecule has 0 bridgehead atoms. The smallest absolute Gasteiger partial charge is 0.493 e. The van der Waals surface area contributed by atoms with E-state index in [-0.39, 0.29) is 34.4 Å². The molecule has 3 rings (SSSR count). The molecule has 12 heteroatoms. The van der Waals surface area contributed by atoms with Crippen LogP contribution in [0.3, 0.4) is 0 Å². The van der Waals surface area contributed by atoms with Crippen molar-refractivity contribution in [1.82, 2.24) is 4.98 Å². The summed E-state index contributed by atoms with van der Waals surface area (Å²) in [5.41, 5.74) is -0.131. The molecule has 0 atom stereocenters. The summed E-state index contributed by atoms with van der Waals surface area (Å²) < 4.78 is 66.1. The number of pyridine rings is 1. The lowest BCUT2D eigenvalue weighted by atomic mass is 10.1. The van der Waals surface area contributed by atoms with Gasteiger partial charge in [0.2, 0.25) is 0 Å². The first kappa shape index (κ1) is 24.8. The van der Waals surface area contributed by atoms with Crippen molar-refractivity contribution in [2.75, 3.05) is 12.4 Å². The van der Waals surface area contributed by atoms with Crippen molar-refractivity contribution >= 4 is 29.0 Å². The summed E-state index contributed by atoms with van der Waals surface area (Å²) in [6.45, 7) is 1.29. The number of nitrogens with zero attached hydrogens (tertiary/aromatic N) is 1. The number of methoxy groups -OCH3 is 1. The van der Waals surface area contributed by atoms with Crippen LogP contribution < -0.4 is 19.5 Å². The minimum Gasteiger partial charge on any atom is -0.493 e. The normalized spacial score (nSPS) is 11.0. The molecule has 0 saturated heterocycles. The summed E-state index contributed by atoms with van der Waals surface area (Å²) >= 11 is 6.02. The van der Waals surface area contributed by atoms with Gasteiger partial charge in [0.25, 0.3) is 5.91 Å². The van der Waals surface area contributed by atoms with Gasteiger partial charge in [-0.2, -0.15) is 0 Å². The van der Waals surface area contributed by atoms with E-state index in [2.05, 4.69) is 15.0 Å². The Labute approximate surface area is 195 Å². The van der Waals surface area contributed by atoms with Crippen LogP contribution in [0.15, 0.2) is 48.7 Å². The average Bonchev–Trinajstić information content (AvgIpc) is 2.76. The summed E-state index contributed by atoms with van der Waals surface area (Å²) in [5, 5.41) is 1.91. The van der Waals surface area contributed by atoms with Crippen molar-refractivity contribution in [2.45, 2.75) is 13.3 Å². The number of carbonyl (C=O) groups is 2. The second-order valence-electron chi connectivity index (χ2n) is 6.64. The highest BCUT2D eigenvalue weighted by molar-refractivity contribution is 6.35. The molecule has 0 radical (unpaired) electrons. The molecule has 3 aromatic rings. The Morgan fingerprint density at radius 1 is 1.03 bits per heavy atom. The highest BCUT2D eigenvalue weighted by Crippen LogP contribution is 2.39. The quantitative estimate of drug-likeness (QED) is 0.316. The van der Waals surface area contributed by atoms with Crippen molar-refractivity contribution in [1.29, 1.82) is 0 Å². The number of hydrogen-bond acceptors (Lipinski definition) is 6. The minimum atomic E-state index is -4.92. The fourth-order valence-corrected chi connectivity index (χ4v) is 3.01. The summed E-state index contributed by atoms with van der Waals surface area (Å²) in [7, 11) is 1.18. The van der Waals surface area contributed by atoms with Crippen LogP contribution in [0.5, 0.6) is 23.0 Å². The highest BCUT2D eigenvalue weighted by atomic mass is 35.5. The van der Waals surface area contributed by atoms with Gasteiger partial charge >= 0.3 is 6.36 Å². The first-order valence-corrected chi connectivity index (χ1v) is 9.74. The number of aromatic nitrogens is 1. The number of benzene rings is 2. The third kappa shape index (κ3) is 5.93. The molecule has 1 amide bonds. The Bertz CT molecular complexity index is 1250. The number of rotatable bonds is 7. The lowest BCUT2D eigenvalue weighted by molar-refractivity contribution is -0.274. The number of amides is 1. The summed E-state index contributed by atoms with van der Waals surface area (Å²) in [4.78, 5) is 28.3. The van der Waals surface area contributed by atoms with Crippen LogP contribution in [-0.4, -0.2) is 30.1 Å². The number of hydrogen-bond donors (Lipinski definition) is 1. The molecule has 0 fully saturated rings. The molecule has 178 valence electrons. The monoisotopic (exact) mass is 498 g/mol. The van der Waals surface area contributed by atoms with Gasteiger partial charge in [0.05, 0.1) is 12.1 Å². The molecule has 0 aliphatic heterocycles. The maximum absolute atomic E-state index is 14.2. The van der Waals surface area contributed by atoms with E-state index in [0.29, 0.717) is 0 Å². The second-order valence-corrected chi connectivity index (χ2v) is 7.02. The topological polar surface area (TPSA) is 86.8 Å². The standard InChI is InChI=1S/C22H15ClF4N2O5/c1-11(30)15-9-12(7-8-28-15)29-21(31)19-17(6-4-14(24)20(19)23)33-16-5-3-13(10-18(16)32-2)34-22(25,26)27/h3-10H,1-2H3,(H,28,29,31). The van der Waals surface area contributed by atoms with Crippen LogP contribution in [0.2, 0.25) is 5.02 Å². The minimum absolute atomic E-state index is 0.0884. The van der Waals surface area contributed by atoms with Gasteiger partial charge in [-0.3, -0.25) is 14.6 Å². The Morgan fingerprint density at radius 3 is 2.38 bits per heavy atom. The zero-order valence-electron chi connectivity index (χ0n) is 17.5. The highest BCUT2D eigenvalue weighted by Gasteiger charge is 2.31. The van der Waals surface area contributed by atoms with Gasteiger partial charge in [-0.1, -0.05) is 11.6 Å². The number of alkyl halides is 3. The van der Waals surface area contributed by atoms with E-state index in [4.69, 9.17) is 21.1 Å². The van der Waals surface area contributed by atoms with Crippen LogP contribution in [0.4, 0.5) is 23.2 Å². The largest absolute Gasteiger partial charge is 0.573 e. The molecule has 2 aromatic carbocycles. The Balaban J connectivity index is 1.95. The van der Waals surface area contributed by atoms with Crippen LogP contribution in [-0.2, 0) is 0 Å². The molecule has 0 spiro atoms. The SMILES string of the molecule is COc1cc(OC(F)(F)F)ccc1Oc1ccc(F)c(Cl)c1C(=O)Nc1ccnc(C(C)=O)c1. The van der Waals surface area contributed by atoms with E-state index in [1.165, 1.54) is 32.4 Å². The van der Waals surface area contributed by atoms with Gasteiger partial charge < -0.3 is 19.5 Å². The molecule has 0 unspecified atom stereocenters. The predicted octanol–water partition coefficient (Wildman–Crippen LogP) is 6.03. The fraction of sp³-hybridized carbons (Fsp3) is 0.136. The van der Waals surface area contributed by atoms with E-state index in [9.17, 15) is 27.2 Å². The maximum Gasteiger partial charge on any atom is 0.573 e. The predicted molar refractivity (Wildman–Crippen MR) is 113 cm³/mol. The molecular weight excluding hydrogens is 484 g/mol. The zero-order chi connectivity index (χ0) is 25.0. The average molecular weight is 499 g/mol. The van der Waals surface area contributed by atoms with Crippen LogP contribution in [0.25, 0.3) is 0 Å². The maximum atomic E-state index is 14.2. The fourth-order valence-electron chi connectivity index (χ4n) is 2.77. The van der Waals surface area contributed by atoms with Gasteiger partial charge in [0, 0.05) is 24.9 Å². The number of carbonyl (C=O) groups excluding carboxylic acids is 2. The first-order chi connectivity index (χ1) is 16.0. The zero-order valence-corrected chi connectivity index (χ0v) is 18.3. The number of ketones is 1. The summed E-state index contributed by atoms with van der Waals surface area (Å²) in [6.07, 6.45) is -3.62. The Kier molecular flexibility index (Phi) is 7.26. The number of Topliss-reactive ketones (excluding diaryl/α,β-unsaturated/α-hetero) is 1. The number of ether oxygens (including phenoxy) is 3. The van der Waals surface area contributed by atoms with Crippen molar-refractivity contribution in [3.05, 3.63) is 70.8 Å². The van der Waals surface area contributed by atoms with Crippen LogP contribution in [0.1, 0.15) is 27.8 Å². The Morgan fingerprint density at radius 2 is 1.74 bits per heavy atom. The van der Waals surface area contributed by atoms with E-state index in [1.807, 2.05) is 0 Å². The van der Waals surface area contributed by atoms with Crippen molar-refractivity contribution < 1.29 is 41.4 Å². The lowest BCUT2D eigenvalue weighted by Gasteiger charge is -2.16. The van der Waals surface area contributed by atoms with Crippen molar-refractivity contribution in [2.24, 2.45) is 0 Å². The molecule has 1 N–H and O–H groups in total. The molecule has 7 nitrogen and oxygen atoms in total. The Hall–Kier alpha value is -3.86. The van der Waals surface area contributed by atoms with E-state index < -0.39 is 34.4 Å². The molecular formula is C22H15ClF4N2O5. The van der Waals surface area contributed by atoms with Gasteiger partial charge in [-0.15, -0.1) is 13.2 Å². The van der Waals surface area contributed by atoms with Crippen LogP contribution in [0, 0.1) is 5.82 Å². The summed E-state index contributed by atoms with van der Waals surface area (Å²) in [6, 6.07) is 7.79. The lowest BCUT2D eigenvalue weighted by Crippen LogP contribution is -2.17. The van der Waals surface area contributed by atoms with Gasteiger partial charge in [-0.25, -0.2) is 4.39 Å². The third-order valence-corrected chi connectivity index (χ3v) is 4.62. The second kappa shape index (κ2) is 9.96. The number of nitrogens with one attached hydrogen (secondary N) is 1. The number of anilines is 1. The van der Waals surface area contributed by atoms with Crippen molar-refractivity contribution in [3.8, 4) is 23.0 Å². The van der Waals surface area contributed by atoms with Gasteiger partial charge in [0.1, 0.15) is 28.6 Å². The molecule has 1 aromatic heterocycles.